The first-order valence-corrected chi connectivity index (χ1v) is 7.21. The van der Waals surface area contributed by atoms with Crippen molar-refractivity contribution < 1.29 is 23.1 Å². The summed E-state index contributed by atoms with van der Waals surface area (Å²) in [5.41, 5.74) is 0.134. The van der Waals surface area contributed by atoms with E-state index in [0.717, 1.165) is 12.1 Å². The fourth-order valence-corrected chi connectivity index (χ4v) is 2.41. The Morgan fingerprint density at radius 2 is 2.00 bits per heavy atom. The normalized spacial score (nSPS) is 13.3. The number of nitrogens with zero attached hydrogens (tertiary/aromatic N) is 2. The predicted molar refractivity (Wildman–Crippen MR) is 81.2 cm³/mol. The highest BCUT2D eigenvalue weighted by atomic mass is 19.4. The van der Waals surface area contributed by atoms with Gasteiger partial charge >= 0.3 is 6.18 Å². The van der Waals surface area contributed by atoms with Crippen LogP contribution < -0.4 is 0 Å². The van der Waals surface area contributed by atoms with Gasteiger partial charge in [-0.15, -0.1) is 0 Å². The van der Waals surface area contributed by atoms with Gasteiger partial charge < -0.3 is 14.6 Å². The zero-order valence-corrected chi connectivity index (χ0v) is 13.2. The Balaban J connectivity index is 2.34. The topological polar surface area (TPSA) is 45.5 Å². The molecule has 1 heterocycles. The molecule has 0 bridgehead atoms. The lowest BCUT2D eigenvalue weighted by atomic mass is 10.1. The van der Waals surface area contributed by atoms with E-state index in [9.17, 15) is 23.1 Å². The zero-order chi connectivity index (χ0) is 17.4. The summed E-state index contributed by atoms with van der Waals surface area (Å²) in [6, 6.07) is 4.88. The summed E-state index contributed by atoms with van der Waals surface area (Å²) < 4.78 is 39.9. The second-order valence-electron chi connectivity index (χ2n) is 5.72. The van der Waals surface area contributed by atoms with Gasteiger partial charge in [-0.1, -0.05) is 0 Å². The summed E-state index contributed by atoms with van der Waals surface area (Å²) in [5.74, 6) is -0.294. The maximum Gasteiger partial charge on any atom is 0.416 e. The molecule has 1 atom stereocenters. The van der Waals surface area contributed by atoms with Crippen LogP contribution in [-0.2, 0) is 13.2 Å². The van der Waals surface area contributed by atoms with Crippen LogP contribution in [0.2, 0.25) is 0 Å². The quantitative estimate of drug-likeness (QED) is 0.938. The summed E-state index contributed by atoms with van der Waals surface area (Å²) in [5, 5.41) is 9.65. The van der Waals surface area contributed by atoms with E-state index in [1.54, 1.807) is 25.6 Å². The van der Waals surface area contributed by atoms with Crippen molar-refractivity contribution in [2.45, 2.75) is 25.6 Å². The molecule has 0 aliphatic carbocycles. The summed E-state index contributed by atoms with van der Waals surface area (Å²) in [6.07, 6.45) is -4.50. The molecule has 1 aromatic carbocycles. The first-order chi connectivity index (χ1) is 10.6. The molecule has 0 aliphatic heterocycles. The summed E-state index contributed by atoms with van der Waals surface area (Å²) >= 11 is 0. The van der Waals surface area contributed by atoms with Gasteiger partial charge in [-0.05, 0) is 37.6 Å². The van der Waals surface area contributed by atoms with Crippen molar-refractivity contribution in [1.82, 2.24) is 9.47 Å². The smallest absolute Gasteiger partial charge is 0.393 e. The van der Waals surface area contributed by atoms with Crippen molar-refractivity contribution in [2.24, 2.45) is 7.05 Å². The lowest BCUT2D eigenvalue weighted by Crippen LogP contribution is -2.30. The van der Waals surface area contributed by atoms with Crippen LogP contribution in [0.15, 0.2) is 24.3 Å². The molecule has 2 rings (SSSR count). The van der Waals surface area contributed by atoms with Crippen molar-refractivity contribution in [3.8, 4) is 0 Å². The van der Waals surface area contributed by atoms with Gasteiger partial charge in [0.25, 0.3) is 5.91 Å². The number of aryl methyl sites for hydroxylation is 1. The van der Waals surface area contributed by atoms with E-state index in [1.807, 2.05) is 0 Å². The number of benzene rings is 1. The van der Waals surface area contributed by atoms with Crippen molar-refractivity contribution >= 4 is 16.8 Å². The highest BCUT2D eigenvalue weighted by Gasteiger charge is 2.31. The number of aliphatic hydroxyl groups is 1. The Labute approximate surface area is 132 Å². The minimum absolute atomic E-state index is 0.294. The maximum absolute atomic E-state index is 12.8. The number of fused-ring (bicyclic) bond motifs is 1. The number of hydrogen-bond donors (Lipinski definition) is 1. The molecule has 1 N–H and O–H groups in total. The van der Waals surface area contributed by atoms with E-state index in [2.05, 4.69) is 0 Å². The average molecular weight is 328 g/mol. The zero-order valence-electron chi connectivity index (χ0n) is 13.2. The fourth-order valence-electron chi connectivity index (χ4n) is 2.41. The second kappa shape index (κ2) is 6.23. The van der Waals surface area contributed by atoms with Gasteiger partial charge in [0, 0.05) is 31.5 Å². The molecule has 1 aromatic heterocycles. The lowest BCUT2D eigenvalue weighted by Gasteiger charge is -2.18. The highest BCUT2D eigenvalue weighted by molar-refractivity contribution is 5.98. The molecule has 1 amide bonds. The fraction of sp³-hybridized carbons (Fsp3) is 0.438. The van der Waals surface area contributed by atoms with E-state index >= 15 is 0 Å². The third-order valence-electron chi connectivity index (χ3n) is 3.82. The Morgan fingerprint density at radius 3 is 2.57 bits per heavy atom. The third kappa shape index (κ3) is 3.67. The van der Waals surface area contributed by atoms with Crippen molar-refractivity contribution in [1.29, 1.82) is 0 Å². The summed E-state index contributed by atoms with van der Waals surface area (Å²) in [4.78, 5) is 13.9. The van der Waals surface area contributed by atoms with E-state index < -0.39 is 17.8 Å². The Bertz CT molecular complexity index is 720. The lowest BCUT2D eigenvalue weighted by molar-refractivity contribution is -0.137. The van der Waals surface area contributed by atoms with Crippen LogP contribution in [0.3, 0.4) is 0 Å². The molecule has 0 saturated carbocycles. The Kier molecular flexibility index (Phi) is 4.70. The number of rotatable bonds is 4. The van der Waals surface area contributed by atoms with Gasteiger partial charge in [0.15, 0.2) is 0 Å². The molecule has 2 aromatic rings. The minimum atomic E-state index is -4.41. The van der Waals surface area contributed by atoms with Crippen molar-refractivity contribution in [3.05, 3.63) is 35.5 Å². The number of aromatic nitrogens is 1. The van der Waals surface area contributed by atoms with Crippen LogP contribution in [0.1, 0.15) is 29.4 Å². The standard InChI is InChI=1S/C16H19F3N2O2/c1-10(22)6-7-20(2)15(23)14-9-11-8-12(16(17,18)19)4-5-13(11)21(14)3/h4-5,8-10,22H,6-7H2,1-3H3. The Hall–Kier alpha value is -2.02. The molecule has 0 saturated heterocycles. The van der Waals surface area contributed by atoms with Gasteiger partial charge in [0.2, 0.25) is 0 Å². The van der Waals surface area contributed by atoms with Crippen LogP contribution in [0.4, 0.5) is 13.2 Å². The van der Waals surface area contributed by atoms with Gasteiger partial charge in [-0.25, -0.2) is 0 Å². The molecule has 0 radical (unpaired) electrons. The first-order valence-electron chi connectivity index (χ1n) is 7.21. The molecule has 126 valence electrons. The number of hydrogen-bond acceptors (Lipinski definition) is 2. The van der Waals surface area contributed by atoms with Gasteiger partial charge in [-0.2, -0.15) is 13.2 Å². The number of halogens is 3. The minimum Gasteiger partial charge on any atom is -0.393 e. The van der Waals surface area contributed by atoms with E-state index in [4.69, 9.17) is 0 Å². The third-order valence-corrected chi connectivity index (χ3v) is 3.82. The Morgan fingerprint density at radius 1 is 1.35 bits per heavy atom. The molecular formula is C16H19F3N2O2. The summed E-state index contributed by atoms with van der Waals surface area (Å²) in [7, 11) is 3.24. The number of carbonyl (C=O) groups excluding carboxylic acids is 1. The molecular weight excluding hydrogens is 309 g/mol. The number of alkyl halides is 3. The molecule has 0 aliphatic rings. The van der Waals surface area contributed by atoms with E-state index in [-0.39, 0.29) is 5.91 Å². The second-order valence-corrected chi connectivity index (χ2v) is 5.72. The molecule has 0 fully saturated rings. The van der Waals surface area contributed by atoms with Crippen LogP contribution in [0.5, 0.6) is 0 Å². The predicted octanol–water partition coefficient (Wildman–Crippen LogP) is 3.04. The number of carbonyl (C=O) groups is 1. The van der Waals surface area contributed by atoms with Gasteiger partial charge in [0.1, 0.15) is 5.69 Å². The molecule has 1 unspecified atom stereocenters. The van der Waals surface area contributed by atoms with Crippen molar-refractivity contribution in [3.63, 3.8) is 0 Å². The molecule has 4 nitrogen and oxygen atoms in total. The first kappa shape index (κ1) is 17.3. The number of amides is 1. The van der Waals surface area contributed by atoms with Crippen LogP contribution >= 0.6 is 0 Å². The average Bonchev–Trinajstić information content (AvgIpc) is 2.79. The van der Waals surface area contributed by atoms with Crippen LogP contribution in [0, 0.1) is 0 Å². The van der Waals surface area contributed by atoms with Gasteiger partial charge in [0.05, 0.1) is 11.7 Å². The van der Waals surface area contributed by atoms with E-state index in [0.29, 0.717) is 29.6 Å². The number of aliphatic hydroxyl groups excluding tert-OH is 1. The maximum atomic E-state index is 12.8. The molecule has 0 spiro atoms. The molecule has 23 heavy (non-hydrogen) atoms. The van der Waals surface area contributed by atoms with Gasteiger partial charge in [-0.3, -0.25) is 4.79 Å². The highest BCUT2D eigenvalue weighted by Crippen LogP contribution is 2.32. The van der Waals surface area contributed by atoms with Crippen LogP contribution in [0.25, 0.3) is 10.9 Å². The largest absolute Gasteiger partial charge is 0.416 e. The monoisotopic (exact) mass is 328 g/mol. The van der Waals surface area contributed by atoms with Crippen LogP contribution in [-0.4, -0.2) is 40.2 Å². The SMILES string of the molecule is CC(O)CCN(C)C(=O)c1cc2cc(C(F)(F)F)ccc2n1C. The van der Waals surface area contributed by atoms with Crippen molar-refractivity contribution in [2.75, 3.05) is 13.6 Å². The van der Waals surface area contributed by atoms with E-state index in [1.165, 1.54) is 17.0 Å². The molecule has 7 heteroatoms. The summed E-state index contributed by atoms with van der Waals surface area (Å²) in [6.45, 7) is 2.00.